The Morgan fingerprint density at radius 3 is 2.48 bits per heavy atom. The van der Waals surface area contributed by atoms with Gasteiger partial charge in [0.05, 0.1) is 13.2 Å². The lowest BCUT2D eigenvalue weighted by Crippen LogP contribution is -2.12. The van der Waals surface area contributed by atoms with Crippen LogP contribution in [0.3, 0.4) is 0 Å². The maximum absolute atomic E-state index is 6.11. The first-order chi connectivity index (χ1) is 10.2. The molecular weight excluding hydrogens is 286 g/mol. The Balaban J connectivity index is 1.97. The van der Waals surface area contributed by atoms with Crippen LogP contribution in [0.2, 0.25) is 5.02 Å². The average molecular weight is 304 g/mol. The zero-order valence-electron chi connectivity index (χ0n) is 11.9. The molecule has 1 aliphatic rings. The van der Waals surface area contributed by atoms with E-state index >= 15 is 0 Å². The van der Waals surface area contributed by atoms with E-state index in [-0.39, 0.29) is 0 Å². The molecule has 0 spiro atoms. The van der Waals surface area contributed by atoms with Gasteiger partial charge in [-0.15, -0.1) is 0 Å². The summed E-state index contributed by atoms with van der Waals surface area (Å²) in [6.07, 6.45) is 0. The van der Waals surface area contributed by atoms with Gasteiger partial charge in [0.2, 0.25) is 0 Å². The third-order valence-corrected chi connectivity index (χ3v) is 3.96. The Morgan fingerprint density at radius 2 is 1.71 bits per heavy atom. The molecule has 4 heteroatoms. The van der Waals surface area contributed by atoms with Crippen molar-refractivity contribution in [2.45, 2.75) is 13.5 Å². The van der Waals surface area contributed by atoms with Crippen molar-refractivity contribution in [3.63, 3.8) is 0 Å². The van der Waals surface area contributed by atoms with Gasteiger partial charge in [-0.2, -0.15) is 0 Å². The molecule has 2 N–H and O–H groups in total. The maximum Gasteiger partial charge on any atom is 0.161 e. The van der Waals surface area contributed by atoms with Crippen LogP contribution in [0.5, 0.6) is 11.5 Å². The molecular formula is C17H18ClNO2. The fourth-order valence-corrected chi connectivity index (χ4v) is 2.54. The summed E-state index contributed by atoms with van der Waals surface area (Å²) in [5.74, 6) is 1.98. The Kier molecular flexibility index (Phi) is 4.04. The van der Waals surface area contributed by atoms with E-state index in [1.54, 1.807) is 0 Å². The average Bonchev–Trinajstić information content (AvgIpc) is 2.69. The molecule has 2 aromatic carbocycles. The van der Waals surface area contributed by atoms with Crippen molar-refractivity contribution < 1.29 is 9.47 Å². The predicted molar refractivity (Wildman–Crippen MR) is 84.9 cm³/mol. The first kappa shape index (κ1) is 14.2. The summed E-state index contributed by atoms with van der Waals surface area (Å²) < 4.78 is 11.6. The standard InChI is InChI=1S/C17H18ClNO2/c1-11-9-20-16-5-3-13(7-17(16)21-10-11)12-2-4-15(18)14(6-12)8-19/h2-7,11H,8-10,19H2,1H3. The van der Waals surface area contributed by atoms with Gasteiger partial charge in [0.15, 0.2) is 11.5 Å². The summed E-state index contributed by atoms with van der Waals surface area (Å²) in [5, 5.41) is 0.699. The van der Waals surface area contributed by atoms with Crippen molar-refractivity contribution in [1.82, 2.24) is 0 Å². The van der Waals surface area contributed by atoms with Gasteiger partial charge in [0, 0.05) is 17.5 Å². The van der Waals surface area contributed by atoms with Gasteiger partial charge in [-0.25, -0.2) is 0 Å². The van der Waals surface area contributed by atoms with Gasteiger partial charge >= 0.3 is 0 Å². The predicted octanol–water partition coefficient (Wildman–Crippen LogP) is 3.87. The first-order valence-corrected chi connectivity index (χ1v) is 7.43. The molecule has 1 atom stereocenters. The SMILES string of the molecule is CC1COc2ccc(-c3ccc(Cl)c(CN)c3)cc2OC1. The number of halogens is 1. The minimum atomic E-state index is 0.389. The van der Waals surface area contributed by atoms with Crippen LogP contribution in [0.4, 0.5) is 0 Å². The van der Waals surface area contributed by atoms with E-state index in [1.165, 1.54) is 0 Å². The molecule has 0 saturated heterocycles. The molecule has 0 radical (unpaired) electrons. The van der Waals surface area contributed by atoms with Gasteiger partial charge in [-0.05, 0) is 41.0 Å². The number of hydrogen-bond donors (Lipinski definition) is 1. The third kappa shape index (κ3) is 2.99. The van der Waals surface area contributed by atoms with Crippen LogP contribution < -0.4 is 15.2 Å². The highest BCUT2D eigenvalue weighted by Crippen LogP contribution is 2.35. The molecule has 0 saturated carbocycles. The van der Waals surface area contributed by atoms with Crippen LogP contribution in [0.15, 0.2) is 36.4 Å². The minimum Gasteiger partial charge on any atom is -0.489 e. The molecule has 2 aromatic rings. The number of nitrogens with two attached hydrogens (primary N) is 1. The molecule has 1 aliphatic heterocycles. The quantitative estimate of drug-likeness (QED) is 0.916. The topological polar surface area (TPSA) is 44.5 Å². The normalized spacial score (nSPS) is 17.4. The van der Waals surface area contributed by atoms with E-state index in [2.05, 4.69) is 6.92 Å². The molecule has 3 rings (SSSR count). The molecule has 1 unspecified atom stereocenters. The van der Waals surface area contributed by atoms with E-state index in [0.717, 1.165) is 28.2 Å². The Bertz CT molecular complexity index is 657. The molecule has 0 fully saturated rings. The van der Waals surface area contributed by atoms with Crippen molar-refractivity contribution in [2.24, 2.45) is 11.7 Å². The van der Waals surface area contributed by atoms with E-state index in [9.17, 15) is 0 Å². The van der Waals surface area contributed by atoms with Crippen LogP contribution in [-0.2, 0) is 6.54 Å². The number of ether oxygens (including phenoxy) is 2. The summed E-state index contributed by atoms with van der Waals surface area (Å²) in [4.78, 5) is 0. The minimum absolute atomic E-state index is 0.389. The van der Waals surface area contributed by atoms with Gasteiger partial charge in [0.1, 0.15) is 0 Å². The van der Waals surface area contributed by atoms with Crippen molar-refractivity contribution >= 4 is 11.6 Å². The second-order valence-electron chi connectivity index (χ2n) is 5.40. The number of fused-ring (bicyclic) bond motifs is 1. The third-order valence-electron chi connectivity index (χ3n) is 3.59. The molecule has 0 bridgehead atoms. The van der Waals surface area contributed by atoms with Crippen LogP contribution in [0, 0.1) is 5.92 Å². The summed E-state index contributed by atoms with van der Waals surface area (Å²) in [6.45, 7) is 3.89. The fraction of sp³-hybridized carbons (Fsp3) is 0.294. The molecule has 1 heterocycles. The van der Waals surface area contributed by atoms with Crippen molar-refractivity contribution in [3.05, 3.63) is 47.0 Å². The van der Waals surface area contributed by atoms with E-state index in [0.29, 0.717) is 30.7 Å². The fourth-order valence-electron chi connectivity index (χ4n) is 2.34. The largest absolute Gasteiger partial charge is 0.489 e. The lowest BCUT2D eigenvalue weighted by molar-refractivity contribution is 0.228. The Morgan fingerprint density at radius 1 is 1.05 bits per heavy atom. The molecule has 0 aromatic heterocycles. The number of hydrogen-bond acceptors (Lipinski definition) is 3. The molecule has 0 aliphatic carbocycles. The number of benzene rings is 2. The van der Waals surface area contributed by atoms with E-state index in [1.807, 2.05) is 36.4 Å². The van der Waals surface area contributed by atoms with E-state index in [4.69, 9.17) is 26.8 Å². The lowest BCUT2D eigenvalue weighted by atomic mass is 10.0. The molecule has 110 valence electrons. The van der Waals surface area contributed by atoms with Crippen molar-refractivity contribution in [3.8, 4) is 22.6 Å². The zero-order chi connectivity index (χ0) is 14.8. The second-order valence-corrected chi connectivity index (χ2v) is 5.81. The zero-order valence-corrected chi connectivity index (χ0v) is 12.7. The highest BCUT2D eigenvalue weighted by molar-refractivity contribution is 6.31. The highest BCUT2D eigenvalue weighted by Gasteiger charge is 2.15. The van der Waals surface area contributed by atoms with Crippen LogP contribution in [-0.4, -0.2) is 13.2 Å². The molecule has 3 nitrogen and oxygen atoms in total. The maximum atomic E-state index is 6.11. The lowest BCUT2D eigenvalue weighted by Gasteiger charge is -2.11. The Labute approximate surface area is 129 Å². The first-order valence-electron chi connectivity index (χ1n) is 7.06. The summed E-state index contributed by atoms with van der Waals surface area (Å²) in [7, 11) is 0. The summed E-state index contributed by atoms with van der Waals surface area (Å²) in [6, 6.07) is 11.9. The van der Waals surface area contributed by atoms with Crippen LogP contribution in [0.1, 0.15) is 12.5 Å². The van der Waals surface area contributed by atoms with Gasteiger partial charge in [-0.1, -0.05) is 30.7 Å². The van der Waals surface area contributed by atoms with Gasteiger partial charge in [-0.3, -0.25) is 0 Å². The van der Waals surface area contributed by atoms with Crippen LogP contribution >= 0.6 is 11.6 Å². The monoisotopic (exact) mass is 303 g/mol. The summed E-state index contributed by atoms with van der Waals surface area (Å²) in [5.41, 5.74) is 8.80. The van der Waals surface area contributed by atoms with Crippen molar-refractivity contribution in [1.29, 1.82) is 0 Å². The summed E-state index contributed by atoms with van der Waals surface area (Å²) >= 11 is 6.11. The highest BCUT2D eigenvalue weighted by atomic mass is 35.5. The van der Waals surface area contributed by atoms with Crippen LogP contribution in [0.25, 0.3) is 11.1 Å². The Hall–Kier alpha value is -1.71. The van der Waals surface area contributed by atoms with Crippen molar-refractivity contribution in [2.75, 3.05) is 13.2 Å². The van der Waals surface area contributed by atoms with E-state index < -0.39 is 0 Å². The van der Waals surface area contributed by atoms with Gasteiger partial charge in [0.25, 0.3) is 0 Å². The molecule has 0 amide bonds. The smallest absolute Gasteiger partial charge is 0.161 e. The van der Waals surface area contributed by atoms with Gasteiger partial charge < -0.3 is 15.2 Å². The molecule has 21 heavy (non-hydrogen) atoms. The second kappa shape index (κ2) is 5.96. The number of rotatable bonds is 2.